The summed E-state index contributed by atoms with van der Waals surface area (Å²) in [6.07, 6.45) is 6.49. The summed E-state index contributed by atoms with van der Waals surface area (Å²) in [6.45, 7) is 3.49. The summed E-state index contributed by atoms with van der Waals surface area (Å²) < 4.78 is 28.9. The van der Waals surface area contributed by atoms with Gasteiger partial charge in [-0.3, -0.25) is 9.58 Å². The van der Waals surface area contributed by atoms with E-state index in [2.05, 4.69) is 58.5 Å². The Balaban J connectivity index is 1.23. The van der Waals surface area contributed by atoms with Crippen molar-refractivity contribution in [3.05, 3.63) is 83.2 Å². The summed E-state index contributed by atoms with van der Waals surface area (Å²) in [7, 11) is -1.72. The smallest absolute Gasteiger partial charge is 0.246 e. The number of aryl methyl sites for hydroxylation is 1. The Morgan fingerprint density at radius 3 is 2.52 bits per heavy atom. The maximum absolute atomic E-state index is 12.9. The molecule has 7 heteroatoms. The van der Waals surface area contributed by atoms with E-state index in [1.54, 1.807) is 17.5 Å². The van der Waals surface area contributed by atoms with Gasteiger partial charge in [-0.1, -0.05) is 48.5 Å². The van der Waals surface area contributed by atoms with Gasteiger partial charge in [0, 0.05) is 44.2 Å². The molecular weight excluding hydrogens is 432 g/mol. The van der Waals surface area contributed by atoms with Gasteiger partial charge in [-0.25, -0.2) is 8.42 Å². The lowest BCUT2D eigenvalue weighted by Crippen LogP contribution is -2.48. The third-order valence-corrected chi connectivity index (χ3v) is 9.54. The van der Waals surface area contributed by atoms with Gasteiger partial charge in [0.25, 0.3) is 0 Å². The second-order valence-electron chi connectivity index (χ2n) is 9.78. The number of likely N-dealkylation sites (tertiary alicyclic amines) is 1. The van der Waals surface area contributed by atoms with Crippen LogP contribution in [0.1, 0.15) is 40.5 Å². The number of nitrogens with zero attached hydrogens (tertiary/aromatic N) is 4. The van der Waals surface area contributed by atoms with Crippen LogP contribution in [0.4, 0.5) is 0 Å². The van der Waals surface area contributed by atoms with Crippen molar-refractivity contribution < 1.29 is 8.42 Å². The fourth-order valence-corrected chi connectivity index (χ4v) is 7.19. The molecule has 0 amide bonds. The van der Waals surface area contributed by atoms with Gasteiger partial charge in [0.1, 0.15) is 4.90 Å². The summed E-state index contributed by atoms with van der Waals surface area (Å²) in [5.41, 5.74) is 5.61. The van der Waals surface area contributed by atoms with Crippen LogP contribution in [0.15, 0.2) is 65.8 Å². The first kappa shape index (κ1) is 21.1. The molecule has 2 fully saturated rings. The summed E-state index contributed by atoms with van der Waals surface area (Å²) in [5.74, 6) is 0.750. The normalized spacial score (nSPS) is 23.8. The lowest BCUT2D eigenvalue weighted by molar-refractivity contribution is 0.106. The van der Waals surface area contributed by atoms with Gasteiger partial charge in [-0.05, 0) is 54.6 Å². The fourth-order valence-electron chi connectivity index (χ4n) is 5.67. The number of fused-ring (bicyclic) bond motifs is 1. The monoisotopic (exact) mass is 462 g/mol. The minimum atomic E-state index is -3.46. The van der Waals surface area contributed by atoms with E-state index in [9.17, 15) is 8.42 Å². The number of sulfonamides is 1. The van der Waals surface area contributed by atoms with E-state index >= 15 is 0 Å². The van der Waals surface area contributed by atoms with Gasteiger partial charge in [-0.15, -0.1) is 0 Å². The topological polar surface area (TPSA) is 58.4 Å². The van der Waals surface area contributed by atoms with Crippen LogP contribution in [0.3, 0.4) is 0 Å². The number of hydrogen-bond donors (Lipinski definition) is 0. The largest absolute Gasteiger partial charge is 0.299 e. The fraction of sp³-hybridized carbons (Fsp3) is 0.423. The molecule has 33 heavy (non-hydrogen) atoms. The van der Waals surface area contributed by atoms with Crippen molar-refractivity contribution in [2.45, 2.75) is 42.0 Å². The third kappa shape index (κ3) is 3.72. The molecule has 1 aliphatic carbocycles. The van der Waals surface area contributed by atoms with E-state index in [0.717, 1.165) is 12.8 Å². The molecule has 3 aromatic rings. The molecule has 2 unspecified atom stereocenters. The van der Waals surface area contributed by atoms with Gasteiger partial charge >= 0.3 is 0 Å². The van der Waals surface area contributed by atoms with Crippen LogP contribution in [0, 0.1) is 0 Å². The summed E-state index contributed by atoms with van der Waals surface area (Å²) >= 11 is 0. The summed E-state index contributed by atoms with van der Waals surface area (Å²) in [4.78, 5) is 2.93. The highest BCUT2D eigenvalue weighted by Gasteiger charge is 2.41. The van der Waals surface area contributed by atoms with Gasteiger partial charge in [0.2, 0.25) is 10.0 Å². The minimum Gasteiger partial charge on any atom is -0.299 e. The molecule has 0 saturated carbocycles. The Bertz CT molecular complexity index is 1260. The zero-order chi connectivity index (χ0) is 22.6. The molecule has 2 saturated heterocycles. The molecule has 0 N–H and O–H groups in total. The molecule has 0 bridgehead atoms. The molecule has 6 nitrogen and oxygen atoms in total. The summed E-state index contributed by atoms with van der Waals surface area (Å²) in [6, 6.07) is 18.3. The van der Waals surface area contributed by atoms with Crippen molar-refractivity contribution in [3.63, 3.8) is 0 Å². The zero-order valence-corrected chi connectivity index (χ0v) is 19.8. The van der Waals surface area contributed by atoms with Crippen molar-refractivity contribution in [1.29, 1.82) is 0 Å². The number of rotatable bonds is 6. The molecule has 3 aliphatic rings. The first-order valence-electron chi connectivity index (χ1n) is 11.9. The number of benzene rings is 2. The van der Waals surface area contributed by atoms with Crippen LogP contribution >= 0.6 is 0 Å². The van der Waals surface area contributed by atoms with Gasteiger partial charge in [0.15, 0.2) is 0 Å². The van der Waals surface area contributed by atoms with Crippen molar-refractivity contribution in [2.24, 2.45) is 7.05 Å². The molecule has 172 valence electrons. The standard InChI is InChI=1S/C26H30N4O2S/c1-28-18-23(15-27-28)33(31,32)30-16-22(17-30)20-8-9-21-14-26(29-10-5-11-29)25(24(21)13-20)12-19-6-3-2-4-7-19/h2-4,6-9,13,15,18,22,25-26H,5,10-12,14,16-17H2,1H3. The van der Waals surface area contributed by atoms with Crippen LogP contribution in [0.25, 0.3) is 0 Å². The molecule has 3 heterocycles. The lowest BCUT2D eigenvalue weighted by atomic mass is 9.86. The molecular formula is C26H30N4O2S. The van der Waals surface area contributed by atoms with Crippen molar-refractivity contribution in [2.75, 3.05) is 26.2 Å². The van der Waals surface area contributed by atoms with Crippen molar-refractivity contribution >= 4 is 10.0 Å². The second kappa shape index (κ2) is 8.08. The molecule has 1 aromatic heterocycles. The van der Waals surface area contributed by atoms with E-state index < -0.39 is 10.0 Å². The Morgan fingerprint density at radius 1 is 1.06 bits per heavy atom. The average molecular weight is 463 g/mol. The SMILES string of the molecule is Cn1cc(S(=O)(=O)N2CC(c3ccc4c(c3)C(Cc3ccccc3)C(N3CCC3)C4)C2)cn1. The molecule has 2 atom stereocenters. The molecule has 0 radical (unpaired) electrons. The van der Waals surface area contributed by atoms with Crippen LogP contribution in [-0.2, 0) is 29.9 Å². The lowest BCUT2D eigenvalue weighted by Gasteiger charge is -2.40. The molecule has 2 aliphatic heterocycles. The van der Waals surface area contributed by atoms with E-state index in [1.165, 1.54) is 52.6 Å². The van der Waals surface area contributed by atoms with Crippen LogP contribution in [-0.4, -0.2) is 59.6 Å². The quantitative estimate of drug-likeness (QED) is 0.565. The Morgan fingerprint density at radius 2 is 1.85 bits per heavy atom. The molecule has 6 rings (SSSR count). The van der Waals surface area contributed by atoms with E-state index in [0.29, 0.717) is 25.0 Å². The van der Waals surface area contributed by atoms with E-state index in [-0.39, 0.29) is 10.8 Å². The van der Waals surface area contributed by atoms with Crippen LogP contribution in [0.5, 0.6) is 0 Å². The van der Waals surface area contributed by atoms with Gasteiger partial charge in [0.05, 0.1) is 6.20 Å². The second-order valence-corrected chi connectivity index (χ2v) is 11.7. The van der Waals surface area contributed by atoms with Crippen LogP contribution < -0.4 is 0 Å². The van der Waals surface area contributed by atoms with Crippen LogP contribution in [0.2, 0.25) is 0 Å². The van der Waals surface area contributed by atoms with Crippen molar-refractivity contribution in [3.8, 4) is 0 Å². The van der Waals surface area contributed by atoms with Gasteiger partial charge < -0.3 is 0 Å². The van der Waals surface area contributed by atoms with Crippen molar-refractivity contribution in [1.82, 2.24) is 19.0 Å². The highest BCUT2D eigenvalue weighted by molar-refractivity contribution is 7.89. The predicted molar refractivity (Wildman–Crippen MR) is 128 cm³/mol. The highest BCUT2D eigenvalue weighted by Crippen LogP contribution is 2.42. The van der Waals surface area contributed by atoms with E-state index in [1.807, 2.05) is 0 Å². The molecule has 2 aromatic carbocycles. The Hall–Kier alpha value is -2.48. The number of hydrogen-bond acceptors (Lipinski definition) is 4. The molecule has 0 spiro atoms. The first-order valence-corrected chi connectivity index (χ1v) is 13.3. The van der Waals surface area contributed by atoms with Gasteiger partial charge in [-0.2, -0.15) is 9.40 Å². The minimum absolute atomic E-state index is 0.252. The van der Waals surface area contributed by atoms with E-state index in [4.69, 9.17) is 0 Å². The average Bonchev–Trinajstić information content (AvgIpc) is 3.31. The zero-order valence-electron chi connectivity index (χ0n) is 19.0. The first-order chi connectivity index (χ1) is 16.0. The Kier molecular flexibility index (Phi) is 5.16. The Labute approximate surface area is 195 Å². The maximum Gasteiger partial charge on any atom is 0.246 e. The third-order valence-electron chi connectivity index (χ3n) is 7.76. The summed E-state index contributed by atoms with van der Waals surface area (Å²) in [5, 5.41) is 4.02. The number of aromatic nitrogens is 2. The predicted octanol–water partition coefficient (Wildman–Crippen LogP) is 3.16. The highest BCUT2D eigenvalue weighted by atomic mass is 32.2. The maximum atomic E-state index is 12.9.